The summed E-state index contributed by atoms with van der Waals surface area (Å²) in [5.74, 6) is -0.844. The summed E-state index contributed by atoms with van der Waals surface area (Å²) in [6.07, 6.45) is 0.426. The van der Waals surface area contributed by atoms with E-state index in [9.17, 15) is 4.79 Å². The van der Waals surface area contributed by atoms with Gasteiger partial charge in [0.25, 0.3) is 0 Å². The summed E-state index contributed by atoms with van der Waals surface area (Å²) in [7, 11) is 0. The average molecular weight is 242 g/mol. The van der Waals surface area contributed by atoms with Crippen molar-refractivity contribution in [3.8, 4) is 0 Å². The van der Waals surface area contributed by atoms with E-state index in [4.69, 9.17) is 18.9 Å². The maximum atomic E-state index is 11.7. The molecule has 0 N–H and O–H groups in total. The van der Waals surface area contributed by atoms with Gasteiger partial charge in [-0.1, -0.05) is 6.92 Å². The Balaban J connectivity index is 1.76. The van der Waals surface area contributed by atoms with Gasteiger partial charge >= 0.3 is 5.97 Å². The summed E-state index contributed by atoms with van der Waals surface area (Å²) in [6, 6.07) is 0. The zero-order valence-corrected chi connectivity index (χ0v) is 10.3. The minimum Gasteiger partial charge on any atom is -0.456 e. The molecule has 0 aliphatic carbocycles. The van der Waals surface area contributed by atoms with Crippen LogP contribution in [0.25, 0.3) is 0 Å². The van der Waals surface area contributed by atoms with E-state index in [2.05, 4.69) is 0 Å². The first-order valence-corrected chi connectivity index (χ1v) is 6.22. The fraction of sp³-hybridized carbons (Fsp3) is 0.917. The third-order valence-corrected chi connectivity index (χ3v) is 3.68. The topological polar surface area (TPSA) is 54.0 Å². The average Bonchev–Trinajstić information content (AvgIpc) is 2.69. The molecule has 96 valence electrons. The highest BCUT2D eigenvalue weighted by molar-refractivity contribution is 5.73. The summed E-state index contributed by atoms with van der Waals surface area (Å²) < 4.78 is 22.6. The SMILES string of the molecule is CC[C@H]1C[C@H]2O[C@@H]3OC(C)(C)O[C@@H]3[C@H]2OC1=O. The zero-order chi connectivity index (χ0) is 12.2. The molecule has 0 spiro atoms. The third kappa shape index (κ3) is 1.77. The Morgan fingerprint density at radius 1 is 1.29 bits per heavy atom. The Labute approximate surface area is 100 Å². The van der Waals surface area contributed by atoms with Crippen molar-refractivity contribution < 1.29 is 23.7 Å². The lowest BCUT2D eigenvalue weighted by Crippen LogP contribution is -2.45. The molecule has 0 unspecified atom stereocenters. The van der Waals surface area contributed by atoms with E-state index in [-0.39, 0.29) is 30.2 Å². The molecule has 5 atom stereocenters. The number of hydrogen-bond donors (Lipinski definition) is 0. The second-order valence-corrected chi connectivity index (χ2v) is 5.39. The van der Waals surface area contributed by atoms with Gasteiger partial charge in [-0.25, -0.2) is 0 Å². The molecule has 0 aromatic carbocycles. The Hall–Kier alpha value is -0.650. The van der Waals surface area contributed by atoms with Gasteiger partial charge in [0.05, 0.1) is 5.92 Å². The maximum Gasteiger partial charge on any atom is 0.309 e. The third-order valence-electron chi connectivity index (χ3n) is 3.68. The highest BCUT2D eigenvalue weighted by Crippen LogP contribution is 2.42. The standard InChI is InChI=1S/C12H18O5/c1-4-6-5-7-8(15-10(6)13)9-11(14-7)17-12(2,3)16-9/h6-9,11H,4-5H2,1-3H3/t6-,7+,8-,9+,11+/m0/s1. The molecular weight excluding hydrogens is 224 g/mol. The lowest BCUT2D eigenvalue weighted by atomic mass is 9.92. The number of hydrogen-bond acceptors (Lipinski definition) is 5. The molecule has 5 heteroatoms. The van der Waals surface area contributed by atoms with Gasteiger partial charge in [-0.15, -0.1) is 0 Å². The van der Waals surface area contributed by atoms with Crippen LogP contribution in [0.1, 0.15) is 33.6 Å². The molecule has 0 amide bonds. The van der Waals surface area contributed by atoms with Crippen molar-refractivity contribution in [2.45, 2.75) is 64.0 Å². The lowest BCUT2D eigenvalue weighted by molar-refractivity contribution is -0.228. The first-order chi connectivity index (χ1) is 8.00. The van der Waals surface area contributed by atoms with Gasteiger partial charge in [-0.3, -0.25) is 4.79 Å². The van der Waals surface area contributed by atoms with E-state index in [1.807, 2.05) is 20.8 Å². The number of ether oxygens (including phenoxy) is 4. The van der Waals surface area contributed by atoms with Crippen LogP contribution in [-0.4, -0.2) is 36.4 Å². The fourth-order valence-electron chi connectivity index (χ4n) is 2.82. The van der Waals surface area contributed by atoms with Gasteiger partial charge in [-0.05, 0) is 26.7 Å². The van der Waals surface area contributed by atoms with Gasteiger partial charge in [-0.2, -0.15) is 0 Å². The Morgan fingerprint density at radius 2 is 2.06 bits per heavy atom. The van der Waals surface area contributed by atoms with Crippen LogP contribution in [-0.2, 0) is 23.7 Å². The molecule has 0 aromatic rings. The molecule has 3 saturated heterocycles. The van der Waals surface area contributed by atoms with Crippen molar-refractivity contribution in [2.24, 2.45) is 5.92 Å². The molecule has 0 bridgehead atoms. The number of carbonyl (C=O) groups excluding carboxylic acids is 1. The van der Waals surface area contributed by atoms with Crippen molar-refractivity contribution in [2.75, 3.05) is 0 Å². The summed E-state index contributed by atoms with van der Waals surface area (Å²) in [5.41, 5.74) is 0. The smallest absolute Gasteiger partial charge is 0.309 e. The van der Waals surface area contributed by atoms with Crippen molar-refractivity contribution in [3.63, 3.8) is 0 Å². The maximum absolute atomic E-state index is 11.7. The van der Waals surface area contributed by atoms with Crippen LogP contribution >= 0.6 is 0 Å². The summed E-state index contributed by atoms with van der Waals surface area (Å²) in [6.45, 7) is 5.66. The summed E-state index contributed by atoms with van der Waals surface area (Å²) >= 11 is 0. The van der Waals surface area contributed by atoms with Crippen molar-refractivity contribution in [1.82, 2.24) is 0 Å². The van der Waals surface area contributed by atoms with Crippen LogP contribution in [0.4, 0.5) is 0 Å². The van der Waals surface area contributed by atoms with Crippen LogP contribution in [0.3, 0.4) is 0 Å². The Bertz CT molecular complexity index is 340. The Kier molecular flexibility index (Phi) is 2.47. The van der Waals surface area contributed by atoms with Crippen molar-refractivity contribution in [1.29, 1.82) is 0 Å². The highest BCUT2D eigenvalue weighted by atomic mass is 16.8. The van der Waals surface area contributed by atoms with E-state index in [1.54, 1.807) is 0 Å². The van der Waals surface area contributed by atoms with Crippen molar-refractivity contribution in [3.05, 3.63) is 0 Å². The lowest BCUT2D eigenvalue weighted by Gasteiger charge is -2.32. The van der Waals surface area contributed by atoms with Crippen LogP contribution < -0.4 is 0 Å². The first kappa shape index (κ1) is 11.4. The molecule has 3 fully saturated rings. The molecule has 0 radical (unpaired) electrons. The zero-order valence-electron chi connectivity index (χ0n) is 10.3. The van der Waals surface area contributed by atoms with E-state index in [1.165, 1.54) is 0 Å². The number of fused-ring (bicyclic) bond motifs is 3. The second kappa shape index (κ2) is 3.67. The van der Waals surface area contributed by atoms with Gasteiger partial charge in [0.15, 0.2) is 24.3 Å². The van der Waals surface area contributed by atoms with Gasteiger partial charge in [0.1, 0.15) is 6.10 Å². The molecule has 0 saturated carbocycles. The normalized spacial score (nSPS) is 47.5. The van der Waals surface area contributed by atoms with E-state index in [0.29, 0.717) is 6.42 Å². The molecule has 0 aromatic heterocycles. The molecule has 3 aliphatic heterocycles. The number of esters is 1. The van der Waals surface area contributed by atoms with Crippen molar-refractivity contribution >= 4 is 5.97 Å². The van der Waals surface area contributed by atoms with E-state index < -0.39 is 12.1 Å². The van der Waals surface area contributed by atoms with Gasteiger partial charge < -0.3 is 18.9 Å². The van der Waals surface area contributed by atoms with E-state index >= 15 is 0 Å². The predicted octanol–water partition coefficient (Wildman–Crippen LogP) is 1.20. The molecular formula is C12H18O5. The van der Waals surface area contributed by atoms with Gasteiger partial charge in [0, 0.05) is 0 Å². The molecule has 3 aliphatic rings. The van der Waals surface area contributed by atoms with Crippen LogP contribution in [0.15, 0.2) is 0 Å². The first-order valence-electron chi connectivity index (χ1n) is 6.22. The minimum atomic E-state index is -0.658. The number of carbonyl (C=O) groups is 1. The fourth-order valence-corrected chi connectivity index (χ4v) is 2.82. The van der Waals surface area contributed by atoms with Crippen LogP contribution in [0, 0.1) is 5.92 Å². The Morgan fingerprint density at radius 3 is 2.76 bits per heavy atom. The summed E-state index contributed by atoms with van der Waals surface area (Å²) in [5, 5.41) is 0. The van der Waals surface area contributed by atoms with Gasteiger partial charge in [0.2, 0.25) is 0 Å². The van der Waals surface area contributed by atoms with Crippen LogP contribution in [0.2, 0.25) is 0 Å². The highest BCUT2D eigenvalue weighted by Gasteiger charge is 2.58. The molecule has 17 heavy (non-hydrogen) atoms. The monoisotopic (exact) mass is 242 g/mol. The molecule has 3 rings (SSSR count). The second-order valence-electron chi connectivity index (χ2n) is 5.39. The van der Waals surface area contributed by atoms with Crippen LogP contribution in [0.5, 0.6) is 0 Å². The van der Waals surface area contributed by atoms with E-state index in [0.717, 1.165) is 6.42 Å². The molecule has 3 heterocycles. The predicted molar refractivity (Wildman–Crippen MR) is 57.0 cm³/mol. The molecule has 5 nitrogen and oxygen atoms in total. The minimum absolute atomic E-state index is 0.0527. The number of rotatable bonds is 1. The quantitative estimate of drug-likeness (QED) is 0.647. The summed E-state index contributed by atoms with van der Waals surface area (Å²) in [4.78, 5) is 11.7. The largest absolute Gasteiger partial charge is 0.456 e.